The Kier molecular flexibility index (Phi) is 12.9. The molecule has 8 N–H and O–H groups in total. The van der Waals surface area contributed by atoms with E-state index >= 15 is 8.78 Å². The van der Waals surface area contributed by atoms with Crippen molar-refractivity contribution >= 4 is 79.9 Å². The molecule has 20 nitrogen and oxygen atoms in total. The summed E-state index contributed by atoms with van der Waals surface area (Å²) in [7, 11) is 3.34. The monoisotopic (exact) mass is 960 g/mol. The van der Waals surface area contributed by atoms with Crippen molar-refractivity contribution in [1.29, 1.82) is 0 Å². The minimum absolute atomic E-state index is 0.0229. The van der Waals surface area contributed by atoms with Crippen LogP contribution < -0.4 is 42.2 Å². The number of carbonyl (C=O) groups excluding carboxylic acids is 4. The van der Waals surface area contributed by atoms with Gasteiger partial charge in [0.05, 0.1) is 24.5 Å². The van der Waals surface area contributed by atoms with Crippen LogP contribution in [0.25, 0.3) is 43.8 Å². The van der Waals surface area contributed by atoms with Crippen LogP contribution >= 0.6 is 0 Å². The number of hydrogen-bond acceptors (Lipinski definition) is 16. The number of fused-ring (bicyclic) bond motifs is 4. The summed E-state index contributed by atoms with van der Waals surface area (Å²) in [6, 6.07) is 6.52. The molecule has 4 amide bonds. The maximum atomic E-state index is 15.3. The van der Waals surface area contributed by atoms with E-state index in [2.05, 4.69) is 41.2 Å². The van der Waals surface area contributed by atoms with E-state index in [1.54, 1.807) is 50.8 Å². The fraction of sp³-hybridized carbons (Fsp3) is 0.333. The first-order valence-corrected chi connectivity index (χ1v) is 22.5. The molecule has 0 aliphatic carbocycles. The Morgan fingerprint density at radius 1 is 0.657 bits per heavy atom. The zero-order valence-corrected chi connectivity index (χ0v) is 38.7. The third-order valence-electron chi connectivity index (χ3n) is 12.6. The Labute approximate surface area is 399 Å². The fourth-order valence-corrected chi connectivity index (χ4v) is 8.82. The molecule has 0 unspecified atom stereocenters. The summed E-state index contributed by atoms with van der Waals surface area (Å²) in [6.45, 7) is 6.69. The quantitative estimate of drug-likeness (QED) is 0.0961. The van der Waals surface area contributed by atoms with Crippen molar-refractivity contribution in [3.05, 3.63) is 71.8 Å². The third kappa shape index (κ3) is 9.43. The molecule has 4 aliphatic heterocycles. The van der Waals surface area contributed by atoms with E-state index in [1.807, 2.05) is 13.8 Å². The van der Waals surface area contributed by atoms with Crippen molar-refractivity contribution in [2.24, 2.45) is 0 Å². The molecule has 2 aromatic carbocycles. The predicted octanol–water partition coefficient (Wildman–Crippen LogP) is 6.60. The Hall–Kier alpha value is -8.30. The summed E-state index contributed by atoms with van der Waals surface area (Å²) < 4.78 is 52.6. The minimum atomic E-state index is -0.680. The summed E-state index contributed by atoms with van der Waals surface area (Å²) in [6.07, 6.45) is 5.39. The van der Waals surface area contributed by atoms with E-state index in [4.69, 9.17) is 30.4 Å². The SMILES string of the molecule is Cc1c(-c2cc3cc(NC(=O)O[C@@H]4CCC(=O)N(C)C4)ncc3c(N)c2F)cnc2c1NCCO2.Cc1c(-c2cc3cc(NC(=O)O[C@H]4CCC(=O)N(C)C4)ncc3c(N)c2F)cnc2c1NCCO2. The standard InChI is InChI=1S/2C24H25FN6O4/c2*1-12-16(9-29-23-22(12)27-5-6-34-23)15-7-13-8-18(28-10-17(13)21(26)20(15)25)30-24(33)35-14-3-4-19(32)31(2)11-14/h2*7-10,14,27H,3-6,11,26H2,1-2H3,(H,28,30,33)/t2*14-/m10/s1. The van der Waals surface area contributed by atoms with E-state index < -0.39 is 36.0 Å². The van der Waals surface area contributed by atoms with Crippen molar-refractivity contribution in [3.8, 4) is 34.0 Å². The Morgan fingerprint density at radius 2 is 1.07 bits per heavy atom. The number of benzene rings is 2. The van der Waals surface area contributed by atoms with Gasteiger partial charge in [0, 0.05) is 97.8 Å². The maximum absolute atomic E-state index is 15.3. The van der Waals surface area contributed by atoms with Crippen molar-refractivity contribution in [3.63, 3.8) is 0 Å². The van der Waals surface area contributed by atoms with Gasteiger partial charge in [-0.25, -0.2) is 38.3 Å². The predicted molar refractivity (Wildman–Crippen MR) is 258 cm³/mol. The summed E-state index contributed by atoms with van der Waals surface area (Å²) in [5.74, 6) is 0.326. The number of hydrogen-bond donors (Lipinski definition) is 6. The lowest BCUT2D eigenvalue weighted by atomic mass is 9.97. The number of piperidine rings is 2. The second-order valence-electron chi connectivity index (χ2n) is 17.3. The Bertz CT molecular complexity index is 2900. The zero-order valence-electron chi connectivity index (χ0n) is 38.7. The lowest BCUT2D eigenvalue weighted by Crippen LogP contribution is -2.42. The molecule has 4 aromatic heterocycles. The summed E-state index contributed by atoms with van der Waals surface area (Å²) >= 11 is 0. The Balaban J connectivity index is 0.000000174. The van der Waals surface area contributed by atoms with E-state index in [-0.39, 0.29) is 46.0 Å². The summed E-state index contributed by atoms with van der Waals surface area (Å²) in [4.78, 5) is 68.2. The Morgan fingerprint density at radius 3 is 1.47 bits per heavy atom. The number of ether oxygens (including phenoxy) is 4. The lowest BCUT2D eigenvalue weighted by Gasteiger charge is -2.29. The molecule has 4 aliphatic rings. The van der Waals surface area contributed by atoms with Gasteiger partial charge in [-0.05, 0) is 72.9 Å². The highest BCUT2D eigenvalue weighted by atomic mass is 19.1. The maximum Gasteiger partial charge on any atom is 0.413 e. The topological polar surface area (TPSA) is 263 Å². The number of halogens is 2. The number of nitrogen functional groups attached to an aromatic ring is 2. The van der Waals surface area contributed by atoms with Crippen molar-refractivity contribution in [1.82, 2.24) is 29.7 Å². The highest BCUT2D eigenvalue weighted by Gasteiger charge is 2.28. The molecule has 2 saturated heterocycles. The number of nitrogens with zero attached hydrogens (tertiary/aromatic N) is 6. The second kappa shape index (κ2) is 19.4. The van der Waals surface area contributed by atoms with Crippen LogP contribution in [0.2, 0.25) is 0 Å². The van der Waals surface area contributed by atoms with Crippen LogP contribution in [-0.2, 0) is 19.1 Å². The summed E-state index contributed by atoms with van der Waals surface area (Å²) in [5.41, 5.74) is 16.9. The number of pyridine rings is 4. The number of rotatable bonds is 6. The van der Waals surface area contributed by atoms with Gasteiger partial charge in [0.25, 0.3) is 0 Å². The number of aromatic nitrogens is 4. The van der Waals surface area contributed by atoms with Gasteiger partial charge in [-0.3, -0.25) is 20.2 Å². The zero-order chi connectivity index (χ0) is 49.4. The van der Waals surface area contributed by atoms with Crippen LogP contribution in [0.5, 0.6) is 11.8 Å². The number of carbonyl (C=O) groups is 4. The fourth-order valence-electron chi connectivity index (χ4n) is 8.82. The molecule has 6 aromatic rings. The van der Waals surface area contributed by atoms with Gasteiger partial charge in [-0.15, -0.1) is 0 Å². The van der Waals surface area contributed by atoms with Gasteiger partial charge in [0.15, 0.2) is 11.6 Å². The second-order valence-corrected chi connectivity index (χ2v) is 17.3. The molecule has 2 fully saturated rings. The van der Waals surface area contributed by atoms with Gasteiger partial charge in [-0.2, -0.15) is 0 Å². The van der Waals surface area contributed by atoms with Gasteiger partial charge >= 0.3 is 12.2 Å². The van der Waals surface area contributed by atoms with Crippen LogP contribution in [0.4, 0.5) is 52.8 Å². The molecule has 0 spiro atoms. The number of nitrogens with two attached hydrogens (primary N) is 2. The van der Waals surface area contributed by atoms with Crippen LogP contribution in [0.3, 0.4) is 0 Å². The molecule has 10 rings (SSSR count). The molecule has 22 heteroatoms. The number of anilines is 6. The van der Waals surface area contributed by atoms with Gasteiger partial charge in [-0.1, -0.05) is 0 Å². The van der Waals surface area contributed by atoms with Gasteiger partial charge in [0.1, 0.15) is 48.4 Å². The van der Waals surface area contributed by atoms with E-state index in [9.17, 15) is 19.2 Å². The molecule has 0 saturated carbocycles. The number of nitrogens with one attached hydrogen (secondary N) is 4. The first-order valence-electron chi connectivity index (χ1n) is 22.5. The van der Waals surface area contributed by atoms with Gasteiger partial charge < -0.3 is 50.8 Å². The molecule has 0 bridgehead atoms. The molecule has 8 heterocycles. The van der Waals surface area contributed by atoms with E-state index in [0.29, 0.717) is 110 Å². The van der Waals surface area contributed by atoms with Crippen LogP contribution in [0.15, 0.2) is 49.1 Å². The van der Waals surface area contributed by atoms with Gasteiger partial charge in [0.2, 0.25) is 23.6 Å². The number of likely N-dealkylation sites (N-methyl/N-ethyl adjacent to an activating group) is 2. The molecular formula is C48H50F2N12O8. The van der Waals surface area contributed by atoms with Crippen LogP contribution in [-0.4, -0.2) is 119 Å². The largest absolute Gasteiger partial charge is 0.474 e. The molecular weight excluding hydrogens is 911 g/mol. The average Bonchev–Trinajstić information content (AvgIpc) is 3.34. The molecule has 70 heavy (non-hydrogen) atoms. The first-order chi connectivity index (χ1) is 33.6. The van der Waals surface area contributed by atoms with Crippen molar-refractivity contribution < 1.29 is 46.9 Å². The van der Waals surface area contributed by atoms with Crippen molar-refractivity contribution in [2.45, 2.75) is 51.7 Å². The van der Waals surface area contributed by atoms with E-state index in [1.165, 1.54) is 22.2 Å². The lowest BCUT2D eigenvalue weighted by molar-refractivity contribution is -0.135. The molecule has 2 atom stereocenters. The number of likely N-dealkylation sites (tertiary alicyclic amines) is 2. The highest BCUT2D eigenvalue weighted by molar-refractivity contribution is 6.01. The van der Waals surface area contributed by atoms with Crippen molar-refractivity contribution in [2.75, 3.05) is 86.2 Å². The smallest absolute Gasteiger partial charge is 0.413 e. The average molecular weight is 961 g/mol. The molecule has 0 radical (unpaired) electrons. The molecule has 364 valence electrons. The highest BCUT2D eigenvalue weighted by Crippen LogP contribution is 2.41. The summed E-state index contributed by atoms with van der Waals surface area (Å²) in [5, 5.41) is 13.7. The number of amides is 4. The van der Waals surface area contributed by atoms with Crippen LogP contribution in [0.1, 0.15) is 36.8 Å². The third-order valence-corrected chi connectivity index (χ3v) is 12.6. The van der Waals surface area contributed by atoms with Crippen LogP contribution in [0, 0.1) is 25.5 Å². The first kappa shape index (κ1) is 46.8. The normalized spacial score (nSPS) is 17.4. The minimum Gasteiger partial charge on any atom is -0.474 e. The van der Waals surface area contributed by atoms with E-state index in [0.717, 1.165) is 22.5 Å².